The van der Waals surface area contributed by atoms with E-state index in [1.807, 2.05) is 25.1 Å². The van der Waals surface area contributed by atoms with E-state index in [2.05, 4.69) is 10.2 Å². The summed E-state index contributed by atoms with van der Waals surface area (Å²) in [5.74, 6) is 1.25. The summed E-state index contributed by atoms with van der Waals surface area (Å²) in [6.07, 6.45) is 1.98. The van der Waals surface area contributed by atoms with Crippen molar-refractivity contribution in [1.82, 2.24) is 10.2 Å². The minimum atomic E-state index is -0.283. The van der Waals surface area contributed by atoms with Gasteiger partial charge in [0.25, 0.3) is 0 Å². The molecule has 0 radical (unpaired) electrons. The summed E-state index contributed by atoms with van der Waals surface area (Å²) in [4.78, 5) is 14.8. The van der Waals surface area contributed by atoms with Gasteiger partial charge >= 0.3 is 0 Å². The Morgan fingerprint density at radius 1 is 1.21 bits per heavy atom. The monoisotopic (exact) mass is 386 g/mol. The van der Waals surface area contributed by atoms with Crippen LogP contribution in [0.1, 0.15) is 43.0 Å². The molecule has 1 N–H and O–H groups in total. The van der Waals surface area contributed by atoms with E-state index in [0.29, 0.717) is 6.54 Å². The number of carbonyl (C=O) groups excluding carboxylic acids is 1. The van der Waals surface area contributed by atoms with Gasteiger partial charge in [-0.25, -0.2) is 4.39 Å². The highest BCUT2D eigenvalue weighted by Crippen LogP contribution is 2.38. The van der Waals surface area contributed by atoms with Gasteiger partial charge in [0.1, 0.15) is 17.3 Å². The zero-order chi connectivity index (χ0) is 20.1. The zero-order valence-corrected chi connectivity index (χ0v) is 16.6. The molecule has 2 aromatic carbocycles. The van der Waals surface area contributed by atoms with E-state index < -0.39 is 0 Å². The normalized spacial score (nSPS) is 17.9. The van der Waals surface area contributed by atoms with Gasteiger partial charge in [-0.1, -0.05) is 12.1 Å². The Hall–Kier alpha value is -2.60. The number of likely N-dealkylation sites (tertiary alicyclic amines) is 1. The molecule has 5 nitrogen and oxygen atoms in total. The largest absolute Gasteiger partial charge is 0.497 e. The molecule has 1 fully saturated rings. The lowest BCUT2D eigenvalue weighted by atomic mass is 10.0. The molecular formula is C22H27FN2O3. The summed E-state index contributed by atoms with van der Waals surface area (Å²) in [5.41, 5.74) is 1.92. The number of hydrogen-bond donors (Lipinski definition) is 1. The summed E-state index contributed by atoms with van der Waals surface area (Å²) in [6.45, 7) is 3.05. The number of carbonyl (C=O) groups is 1. The fourth-order valence-corrected chi connectivity index (χ4v) is 3.77. The van der Waals surface area contributed by atoms with E-state index in [1.54, 1.807) is 26.4 Å². The van der Waals surface area contributed by atoms with Gasteiger partial charge in [-0.3, -0.25) is 9.69 Å². The van der Waals surface area contributed by atoms with Crippen LogP contribution in [0, 0.1) is 5.82 Å². The first-order chi connectivity index (χ1) is 13.5. The van der Waals surface area contributed by atoms with Crippen molar-refractivity contribution in [1.29, 1.82) is 0 Å². The number of halogens is 1. The lowest BCUT2D eigenvalue weighted by Gasteiger charge is -2.26. The number of nitrogens with one attached hydrogen (secondary N) is 1. The Balaban J connectivity index is 1.68. The summed E-state index contributed by atoms with van der Waals surface area (Å²) < 4.78 is 24.0. The van der Waals surface area contributed by atoms with Gasteiger partial charge in [0.15, 0.2) is 0 Å². The zero-order valence-electron chi connectivity index (χ0n) is 16.6. The lowest BCUT2D eigenvalue weighted by Crippen LogP contribution is -2.38. The van der Waals surface area contributed by atoms with Crippen molar-refractivity contribution in [3.05, 3.63) is 59.4 Å². The molecule has 0 unspecified atom stereocenters. The van der Waals surface area contributed by atoms with Gasteiger partial charge in [0.2, 0.25) is 5.91 Å². The molecule has 1 amide bonds. The highest BCUT2D eigenvalue weighted by molar-refractivity contribution is 5.78. The van der Waals surface area contributed by atoms with Gasteiger partial charge in [-0.05, 0) is 62.2 Å². The molecule has 1 heterocycles. The smallest absolute Gasteiger partial charge is 0.234 e. The topological polar surface area (TPSA) is 50.8 Å². The van der Waals surface area contributed by atoms with Crippen LogP contribution in [0.15, 0.2) is 42.5 Å². The Morgan fingerprint density at radius 3 is 2.64 bits per heavy atom. The maximum Gasteiger partial charge on any atom is 0.234 e. The predicted molar refractivity (Wildman–Crippen MR) is 106 cm³/mol. The first kappa shape index (κ1) is 20.1. The van der Waals surface area contributed by atoms with Gasteiger partial charge in [0, 0.05) is 11.6 Å². The molecule has 1 aliphatic rings. The third-order valence-electron chi connectivity index (χ3n) is 5.25. The number of benzene rings is 2. The highest BCUT2D eigenvalue weighted by Gasteiger charge is 2.30. The molecular weight excluding hydrogens is 359 g/mol. The Kier molecular flexibility index (Phi) is 6.52. The standard InChI is InChI=1S/C22H27FN2O3/c1-15(16-6-8-17(23)9-7-16)24-22(26)14-25-12-4-5-20(25)19-13-18(27-2)10-11-21(19)28-3/h6-11,13,15,20H,4-5,12,14H2,1-3H3,(H,24,26)/t15-,20+/m1/s1. The highest BCUT2D eigenvalue weighted by atomic mass is 19.1. The van der Waals surface area contributed by atoms with Gasteiger partial charge in [-0.2, -0.15) is 0 Å². The molecule has 1 aliphatic heterocycles. The Labute approximate surface area is 165 Å². The van der Waals surface area contributed by atoms with Crippen molar-refractivity contribution in [3.63, 3.8) is 0 Å². The van der Waals surface area contributed by atoms with E-state index in [9.17, 15) is 9.18 Å². The average Bonchev–Trinajstić information content (AvgIpc) is 3.15. The van der Waals surface area contributed by atoms with Crippen LogP contribution in [-0.4, -0.2) is 38.1 Å². The Bertz CT molecular complexity index is 810. The molecule has 3 rings (SSSR count). The van der Waals surface area contributed by atoms with Crippen LogP contribution in [0.2, 0.25) is 0 Å². The molecule has 150 valence electrons. The quantitative estimate of drug-likeness (QED) is 0.785. The van der Waals surface area contributed by atoms with E-state index >= 15 is 0 Å². The predicted octanol–water partition coefficient (Wildman–Crippen LogP) is 3.86. The van der Waals surface area contributed by atoms with Crippen LogP contribution in [0.5, 0.6) is 11.5 Å². The molecule has 28 heavy (non-hydrogen) atoms. The second-order valence-electron chi connectivity index (χ2n) is 7.08. The van der Waals surface area contributed by atoms with Crippen molar-refractivity contribution >= 4 is 5.91 Å². The summed E-state index contributed by atoms with van der Waals surface area (Å²) in [6, 6.07) is 11.9. The fraction of sp³-hybridized carbons (Fsp3) is 0.409. The second-order valence-corrected chi connectivity index (χ2v) is 7.08. The molecule has 6 heteroatoms. The van der Waals surface area contributed by atoms with Crippen LogP contribution in [0.3, 0.4) is 0 Å². The maximum atomic E-state index is 13.1. The molecule has 2 aromatic rings. The van der Waals surface area contributed by atoms with Crippen LogP contribution in [0.25, 0.3) is 0 Å². The van der Waals surface area contributed by atoms with Crippen molar-refractivity contribution in [2.24, 2.45) is 0 Å². The fourth-order valence-electron chi connectivity index (χ4n) is 3.77. The van der Waals surface area contributed by atoms with Crippen molar-refractivity contribution < 1.29 is 18.7 Å². The van der Waals surface area contributed by atoms with E-state index in [-0.39, 0.29) is 23.8 Å². The van der Waals surface area contributed by atoms with Crippen LogP contribution >= 0.6 is 0 Å². The van der Waals surface area contributed by atoms with E-state index in [0.717, 1.165) is 42.0 Å². The van der Waals surface area contributed by atoms with E-state index in [1.165, 1.54) is 12.1 Å². The maximum absolute atomic E-state index is 13.1. The Morgan fingerprint density at radius 2 is 1.96 bits per heavy atom. The van der Waals surface area contributed by atoms with Gasteiger partial charge in [-0.15, -0.1) is 0 Å². The van der Waals surface area contributed by atoms with Crippen molar-refractivity contribution in [3.8, 4) is 11.5 Å². The molecule has 0 aromatic heterocycles. The van der Waals surface area contributed by atoms with Crippen LogP contribution < -0.4 is 14.8 Å². The van der Waals surface area contributed by atoms with Crippen LogP contribution in [0.4, 0.5) is 4.39 Å². The van der Waals surface area contributed by atoms with Gasteiger partial charge in [0.05, 0.1) is 26.8 Å². The lowest BCUT2D eigenvalue weighted by molar-refractivity contribution is -0.123. The second kappa shape index (κ2) is 9.06. The number of methoxy groups -OCH3 is 2. The molecule has 0 bridgehead atoms. The number of hydrogen-bond acceptors (Lipinski definition) is 4. The van der Waals surface area contributed by atoms with E-state index in [4.69, 9.17) is 9.47 Å². The van der Waals surface area contributed by atoms with Crippen LogP contribution in [-0.2, 0) is 4.79 Å². The summed E-state index contributed by atoms with van der Waals surface area (Å²) >= 11 is 0. The first-order valence-electron chi connectivity index (χ1n) is 9.52. The molecule has 0 saturated carbocycles. The SMILES string of the molecule is COc1ccc(OC)c([C@@H]2CCCN2CC(=O)N[C@H](C)c2ccc(F)cc2)c1. The summed E-state index contributed by atoms with van der Waals surface area (Å²) in [7, 11) is 3.30. The minimum absolute atomic E-state index is 0.0504. The molecule has 0 spiro atoms. The van der Waals surface area contributed by atoms with Crippen molar-refractivity contribution in [2.75, 3.05) is 27.3 Å². The number of ether oxygens (including phenoxy) is 2. The molecule has 0 aliphatic carbocycles. The summed E-state index contributed by atoms with van der Waals surface area (Å²) in [5, 5.41) is 3.01. The number of nitrogens with zero attached hydrogens (tertiary/aromatic N) is 1. The minimum Gasteiger partial charge on any atom is -0.497 e. The molecule has 1 saturated heterocycles. The number of amides is 1. The third kappa shape index (κ3) is 4.62. The van der Waals surface area contributed by atoms with Gasteiger partial charge < -0.3 is 14.8 Å². The number of rotatable bonds is 7. The first-order valence-corrected chi connectivity index (χ1v) is 9.52. The molecule has 2 atom stereocenters. The average molecular weight is 386 g/mol. The van der Waals surface area contributed by atoms with Crippen molar-refractivity contribution in [2.45, 2.75) is 31.8 Å². The third-order valence-corrected chi connectivity index (χ3v) is 5.25.